The van der Waals surface area contributed by atoms with E-state index in [0.717, 1.165) is 0 Å². The number of carboxylic acids is 2. The molecule has 0 spiro atoms. The topological polar surface area (TPSA) is 283 Å². The Labute approximate surface area is 215 Å². The van der Waals surface area contributed by atoms with Gasteiger partial charge in [0.15, 0.2) is 0 Å². The van der Waals surface area contributed by atoms with Gasteiger partial charge in [-0.3, -0.25) is 24.0 Å². The van der Waals surface area contributed by atoms with Crippen LogP contribution < -0.4 is 38.9 Å². The minimum Gasteiger partial charge on any atom is -0.481 e. The highest BCUT2D eigenvalue weighted by Gasteiger charge is 2.30. The van der Waals surface area contributed by atoms with Gasteiger partial charge >= 0.3 is 11.9 Å². The highest BCUT2D eigenvalue weighted by Crippen LogP contribution is 2.07. The zero-order valence-electron chi connectivity index (χ0n) is 20.9. The van der Waals surface area contributed by atoms with Gasteiger partial charge in [-0.1, -0.05) is 6.42 Å². The summed E-state index contributed by atoms with van der Waals surface area (Å²) in [6.07, 6.45) is 1.35. The summed E-state index contributed by atoms with van der Waals surface area (Å²) in [5.74, 6) is -5.65. The number of hydrogen-bond donors (Lipinski definition) is 9. The van der Waals surface area contributed by atoms with Crippen LogP contribution in [-0.2, 0) is 28.8 Å². The van der Waals surface area contributed by atoms with Crippen LogP contribution in [0.4, 0.5) is 0 Å². The Kier molecular flexibility index (Phi) is 17.2. The molecular weight excluding hydrogens is 490 g/mol. The first-order chi connectivity index (χ1) is 17.4. The van der Waals surface area contributed by atoms with Crippen molar-refractivity contribution in [3.63, 3.8) is 0 Å². The zero-order valence-corrected chi connectivity index (χ0v) is 20.9. The van der Waals surface area contributed by atoms with E-state index in [1.54, 1.807) is 0 Å². The number of amides is 4. The van der Waals surface area contributed by atoms with Crippen molar-refractivity contribution >= 4 is 35.6 Å². The first kappa shape index (κ1) is 33.7. The number of nitrogens with one attached hydrogen (secondary N) is 3. The Bertz CT molecular complexity index is 780. The minimum atomic E-state index is -1.49. The molecule has 0 saturated heterocycles. The molecule has 15 nitrogen and oxygen atoms in total. The fourth-order valence-corrected chi connectivity index (χ4v) is 3.31. The SMILES string of the molecule is NCCCC[C@H](NC(=O)[C@H](CCC(N)=O)NC(=O)[C@@H](N)CCCCN)C(=O)N[C@@H](CCC(=O)O)C(=O)O. The first-order valence-electron chi connectivity index (χ1n) is 12.2. The van der Waals surface area contributed by atoms with Gasteiger partial charge in [-0.25, -0.2) is 4.79 Å². The lowest BCUT2D eigenvalue weighted by Crippen LogP contribution is -2.57. The van der Waals surface area contributed by atoms with E-state index in [1.807, 2.05) is 0 Å². The third kappa shape index (κ3) is 15.4. The summed E-state index contributed by atoms with van der Waals surface area (Å²) in [4.78, 5) is 71.9. The number of carbonyl (C=O) groups excluding carboxylic acids is 4. The van der Waals surface area contributed by atoms with Gasteiger partial charge in [0, 0.05) is 12.8 Å². The molecule has 4 atom stereocenters. The Morgan fingerprint density at radius 1 is 0.622 bits per heavy atom. The molecule has 0 aromatic carbocycles. The molecule has 37 heavy (non-hydrogen) atoms. The van der Waals surface area contributed by atoms with Gasteiger partial charge in [0.2, 0.25) is 23.6 Å². The third-order valence-corrected chi connectivity index (χ3v) is 5.46. The van der Waals surface area contributed by atoms with Crippen LogP contribution in [-0.4, -0.2) is 83.0 Å². The second-order valence-corrected chi connectivity index (χ2v) is 8.63. The predicted octanol–water partition coefficient (Wildman–Crippen LogP) is -2.76. The van der Waals surface area contributed by atoms with E-state index in [9.17, 15) is 33.9 Å². The minimum absolute atomic E-state index is 0.0924. The molecule has 4 amide bonds. The molecule has 0 aliphatic carbocycles. The molecule has 0 fully saturated rings. The molecule has 0 aromatic rings. The lowest BCUT2D eigenvalue weighted by molar-refractivity contribution is -0.143. The molecule has 212 valence electrons. The molecule has 0 aliphatic rings. The van der Waals surface area contributed by atoms with Crippen LogP contribution in [0.5, 0.6) is 0 Å². The summed E-state index contributed by atoms with van der Waals surface area (Å²) < 4.78 is 0. The van der Waals surface area contributed by atoms with Crippen molar-refractivity contribution < 1.29 is 39.0 Å². The maximum atomic E-state index is 13.0. The monoisotopic (exact) mass is 531 g/mol. The van der Waals surface area contributed by atoms with Gasteiger partial charge in [0.05, 0.1) is 6.04 Å². The number of primary amides is 1. The Morgan fingerprint density at radius 2 is 1.08 bits per heavy atom. The molecule has 0 radical (unpaired) electrons. The summed E-state index contributed by atoms with van der Waals surface area (Å²) >= 11 is 0. The molecule has 15 heteroatoms. The van der Waals surface area contributed by atoms with Crippen molar-refractivity contribution in [3.05, 3.63) is 0 Å². The largest absolute Gasteiger partial charge is 0.481 e. The highest BCUT2D eigenvalue weighted by atomic mass is 16.4. The van der Waals surface area contributed by atoms with Crippen LogP contribution in [0.3, 0.4) is 0 Å². The number of aliphatic carboxylic acids is 2. The standard InChI is InChI=1S/C22H41N7O8/c23-11-3-1-5-13(25)19(33)27-15(7-9-17(26)30)21(35)28-14(6-2-4-12-24)20(34)29-16(22(36)37)8-10-18(31)32/h13-16H,1-12,23-25H2,(H2,26,30)(H,27,33)(H,28,35)(H,29,34)(H,31,32)(H,36,37)/t13-,14-,15-,16-/m0/s1. The second-order valence-electron chi connectivity index (χ2n) is 8.63. The van der Waals surface area contributed by atoms with E-state index in [1.165, 1.54) is 0 Å². The Hall–Kier alpha value is -3.30. The number of carboxylic acid groups (broad SMARTS) is 2. The Balaban J connectivity index is 5.53. The van der Waals surface area contributed by atoms with Crippen molar-refractivity contribution in [3.8, 4) is 0 Å². The van der Waals surface area contributed by atoms with Gasteiger partial charge in [0.25, 0.3) is 0 Å². The molecule has 0 bridgehead atoms. The van der Waals surface area contributed by atoms with E-state index in [-0.39, 0.29) is 25.7 Å². The van der Waals surface area contributed by atoms with Gasteiger partial charge in [-0.2, -0.15) is 0 Å². The average molecular weight is 532 g/mol. The van der Waals surface area contributed by atoms with E-state index in [4.69, 9.17) is 28.0 Å². The molecule has 0 aromatic heterocycles. The third-order valence-electron chi connectivity index (χ3n) is 5.46. The summed E-state index contributed by atoms with van der Waals surface area (Å²) in [6.45, 7) is 0.753. The highest BCUT2D eigenvalue weighted by molar-refractivity contribution is 5.94. The molecular formula is C22H41N7O8. The maximum absolute atomic E-state index is 13.0. The zero-order chi connectivity index (χ0) is 28.4. The van der Waals surface area contributed by atoms with Crippen molar-refractivity contribution in [2.45, 2.75) is 88.4 Å². The number of nitrogens with two attached hydrogens (primary N) is 4. The number of hydrogen-bond acceptors (Lipinski definition) is 9. The van der Waals surface area contributed by atoms with Crippen molar-refractivity contribution in [2.24, 2.45) is 22.9 Å². The normalized spacial score (nSPS) is 14.0. The smallest absolute Gasteiger partial charge is 0.326 e. The van der Waals surface area contributed by atoms with Crippen LogP contribution in [0.2, 0.25) is 0 Å². The lowest BCUT2D eigenvalue weighted by atomic mass is 10.0. The van der Waals surface area contributed by atoms with Crippen LogP contribution in [0.25, 0.3) is 0 Å². The average Bonchev–Trinajstić information content (AvgIpc) is 2.82. The molecule has 0 aliphatic heterocycles. The van der Waals surface area contributed by atoms with E-state index < -0.39 is 66.2 Å². The molecule has 0 saturated carbocycles. The maximum Gasteiger partial charge on any atom is 0.326 e. The van der Waals surface area contributed by atoms with E-state index >= 15 is 0 Å². The van der Waals surface area contributed by atoms with E-state index in [0.29, 0.717) is 45.2 Å². The fourth-order valence-electron chi connectivity index (χ4n) is 3.31. The van der Waals surface area contributed by atoms with Crippen LogP contribution in [0, 0.1) is 0 Å². The quantitative estimate of drug-likeness (QED) is 0.0683. The van der Waals surface area contributed by atoms with Gasteiger partial charge in [-0.15, -0.1) is 0 Å². The lowest BCUT2D eigenvalue weighted by Gasteiger charge is -2.25. The summed E-state index contributed by atoms with van der Waals surface area (Å²) in [6, 6.07) is -4.87. The summed E-state index contributed by atoms with van der Waals surface area (Å²) in [7, 11) is 0. The number of rotatable bonds is 21. The fraction of sp³-hybridized carbons (Fsp3) is 0.727. The van der Waals surface area contributed by atoms with Gasteiger partial charge in [0.1, 0.15) is 18.1 Å². The number of carbonyl (C=O) groups is 6. The molecule has 0 unspecified atom stereocenters. The van der Waals surface area contributed by atoms with Crippen molar-refractivity contribution in [1.29, 1.82) is 0 Å². The van der Waals surface area contributed by atoms with Gasteiger partial charge in [-0.05, 0) is 58.0 Å². The molecule has 0 rings (SSSR count). The van der Waals surface area contributed by atoms with Crippen LogP contribution in [0.1, 0.15) is 64.2 Å². The molecule has 0 heterocycles. The van der Waals surface area contributed by atoms with Gasteiger partial charge < -0.3 is 49.1 Å². The second kappa shape index (κ2) is 18.9. The Morgan fingerprint density at radius 3 is 1.57 bits per heavy atom. The predicted molar refractivity (Wildman–Crippen MR) is 133 cm³/mol. The molecule has 13 N–H and O–H groups in total. The van der Waals surface area contributed by atoms with Crippen LogP contribution in [0.15, 0.2) is 0 Å². The van der Waals surface area contributed by atoms with Crippen molar-refractivity contribution in [1.82, 2.24) is 16.0 Å². The van der Waals surface area contributed by atoms with Crippen molar-refractivity contribution in [2.75, 3.05) is 13.1 Å². The summed E-state index contributed by atoms with van der Waals surface area (Å²) in [5.41, 5.74) is 22.0. The summed E-state index contributed by atoms with van der Waals surface area (Å²) in [5, 5.41) is 25.3. The van der Waals surface area contributed by atoms with Crippen LogP contribution >= 0.6 is 0 Å². The van der Waals surface area contributed by atoms with E-state index in [2.05, 4.69) is 16.0 Å². The first-order valence-corrected chi connectivity index (χ1v) is 12.2. The number of unbranched alkanes of at least 4 members (excludes halogenated alkanes) is 2.